The predicted molar refractivity (Wildman–Crippen MR) is 93.0 cm³/mol. The third kappa shape index (κ3) is 2.92. The molecule has 0 spiro atoms. The number of aromatic hydroxyl groups is 1. The number of thioether (sulfide) groups is 1. The van der Waals surface area contributed by atoms with Gasteiger partial charge in [-0.1, -0.05) is 6.07 Å². The number of aromatic nitrogens is 3. The minimum atomic E-state index is -0.893. The number of nitrogens with zero attached hydrogens (tertiary/aromatic N) is 3. The Hall–Kier alpha value is -2.87. The van der Waals surface area contributed by atoms with Gasteiger partial charge in [-0.05, 0) is 30.7 Å². The van der Waals surface area contributed by atoms with Crippen molar-refractivity contribution in [1.29, 1.82) is 0 Å². The third-order valence-corrected chi connectivity index (χ3v) is 4.91. The first-order valence-corrected chi connectivity index (χ1v) is 8.71. The zero-order valence-corrected chi connectivity index (χ0v) is 14.4. The maximum absolute atomic E-state index is 13.7. The molecule has 0 amide bonds. The normalized spacial score (nSPS) is 11.3. The van der Waals surface area contributed by atoms with Crippen LogP contribution in [0.4, 0.5) is 8.78 Å². The van der Waals surface area contributed by atoms with Gasteiger partial charge in [-0.15, -0.1) is 11.8 Å². The molecule has 3 aromatic heterocycles. The Bertz CT molecular complexity index is 1110. The third-order valence-electron chi connectivity index (χ3n) is 3.85. The molecule has 0 atom stereocenters. The van der Waals surface area contributed by atoms with E-state index in [1.807, 2.05) is 13.0 Å². The Kier molecular flexibility index (Phi) is 4.12. The van der Waals surface area contributed by atoms with Crippen LogP contribution in [0.25, 0.3) is 17.1 Å². The highest BCUT2D eigenvalue weighted by molar-refractivity contribution is 7.98. The van der Waals surface area contributed by atoms with Crippen molar-refractivity contribution in [1.82, 2.24) is 14.6 Å². The summed E-state index contributed by atoms with van der Waals surface area (Å²) in [5.74, 6) is -1.00. The average Bonchev–Trinajstić information content (AvgIpc) is 3.22. The van der Waals surface area contributed by atoms with Gasteiger partial charge in [-0.25, -0.2) is 13.8 Å². The van der Waals surface area contributed by atoms with Crippen LogP contribution in [0.2, 0.25) is 0 Å². The lowest BCUT2D eigenvalue weighted by Gasteiger charge is -2.05. The lowest BCUT2D eigenvalue weighted by atomic mass is 10.2. The van der Waals surface area contributed by atoms with Crippen LogP contribution < -0.4 is 0 Å². The molecule has 8 heteroatoms. The van der Waals surface area contributed by atoms with E-state index < -0.39 is 11.6 Å². The Morgan fingerprint density at radius 1 is 1.23 bits per heavy atom. The van der Waals surface area contributed by atoms with Gasteiger partial charge in [0.1, 0.15) is 5.69 Å². The van der Waals surface area contributed by atoms with E-state index in [0.717, 1.165) is 23.4 Å². The summed E-state index contributed by atoms with van der Waals surface area (Å²) in [6.07, 6.45) is 1.57. The predicted octanol–water partition coefficient (Wildman–Crippen LogP) is 4.57. The number of rotatable bonds is 4. The first kappa shape index (κ1) is 16.6. The van der Waals surface area contributed by atoms with Crippen LogP contribution in [0.5, 0.6) is 5.88 Å². The quantitative estimate of drug-likeness (QED) is 0.531. The number of aryl methyl sites for hydroxylation is 1. The molecular formula is C18H13F2N3O2S. The van der Waals surface area contributed by atoms with E-state index in [4.69, 9.17) is 4.42 Å². The van der Waals surface area contributed by atoms with Crippen LogP contribution in [-0.4, -0.2) is 19.7 Å². The Balaban J connectivity index is 1.64. The molecule has 0 aliphatic rings. The summed E-state index contributed by atoms with van der Waals surface area (Å²) >= 11 is 1.10. The molecule has 4 aromatic rings. The minimum Gasteiger partial charge on any atom is -0.493 e. The van der Waals surface area contributed by atoms with Gasteiger partial charge < -0.3 is 9.52 Å². The molecule has 0 saturated carbocycles. The standard InChI is InChI=1S/C18H13F2N3O2S/c1-10-5-6-25-18(10)13-8-15-21-11(7-16(24)23(15)22-13)9-26-14-4-2-3-12(19)17(14)20/h2-8,24H,9H2,1H3. The smallest absolute Gasteiger partial charge is 0.215 e. The van der Waals surface area contributed by atoms with Crippen molar-refractivity contribution in [2.75, 3.05) is 0 Å². The summed E-state index contributed by atoms with van der Waals surface area (Å²) in [6, 6.07) is 8.98. The van der Waals surface area contributed by atoms with E-state index in [0.29, 0.717) is 22.8 Å². The second-order valence-corrected chi connectivity index (χ2v) is 6.70. The molecule has 4 rings (SSSR count). The van der Waals surface area contributed by atoms with E-state index in [9.17, 15) is 13.9 Å². The van der Waals surface area contributed by atoms with Crippen molar-refractivity contribution in [2.45, 2.75) is 17.6 Å². The van der Waals surface area contributed by atoms with Crippen LogP contribution in [0.1, 0.15) is 11.3 Å². The molecular weight excluding hydrogens is 360 g/mol. The summed E-state index contributed by atoms with van der Waals surface area (Å²) < 4.78 is 33.7. The van der Waals surface area contributed by atoms with Gasteiger partial charge in [0, 0.05) is 22.8 Å². The summed E-state index contributed by atoms with van der Waals surface area (Å²) in [6.45, 7) is 1.89. The average molecular weight is 373 g/mol. The van der Waals surface area contributed by atoms with Gasteiger partial charge in [0.2, 0.25) is 5.88 Å². The Morgan fingerprint density at radius 3 is 2.85 bits per heavy atom. The monoisotopic (exact) mass is 373 g/mol. The maximum atomic E-state index is 13.7. The maximum Gasteiger partial charge on any atom is 0.215 e. The highest BCUT2D eigenvalue weighted by Crippen LogP contribution is 2.29. The molecule has 0 fully saturated rings. The lowest BCUT2D eigenvalue weighted by molar-refractivity contribution is 0.434. The van der Waals surface area contributed by atoms with E-state index in [1.165, 1.54) is 22.7 Å². The number of halogens is 2. The van der Waals surface area contributed by atoms with Crippen molar-refractivity contribution in [2.24, 2.45) is 0 Å². The van der Waals surface area contributed by atoms with Crippen LogP contribution in [0.3, 0.4) is 0 Å². The second kappa shape index (κ2) is 6.45. The Morgan fingerprint density at radius 2 is 2.08 bits per heavy atom. The Labute approximate surface area is 151 Å². The van der Waals surface area contributed by atoms with Gasteiger partial charge in [-0.3, -0.25) is 0 Å². The van der Waals surface area contributed by atoms with E-state index >= 15 is 0 Å². The minimum absolute atomic E-state index is 0.0965. The number of hydrogen-bond acceptors (Lipinski definition) is 5. The molecule has 5 nitrogen and oxygen atoms in total. The lowest BCUT2D eigenvalue weighted by Crippen LogP contribution is -1.96. The number of hydrogen-bond donors (Lipinski definition) is 1. The van der Waals surface area contributed by atoms with E-state index in [-0.39, 0.29) is 16.5 Å². The fraction of sp³-hybridized carbons (Fsp3) is 0.111. The van der Waals surface area contributed by atoms with Gasteiger partial charge in [0.15, 0.2) is 23.0 Å². The summed E-state index contributed by atoms with van der Waals surface area (Å²) in [4.78, 5) is 4.61. The first-order valence-electron chi connectivity index (χ1n) is 7.73. The summed E-state index contributed by atoms with van der Waals surface area (Å²) in [7, 11) is 0. The molecule has 1 N–H and O–H groups in total. The molecule has 0 bridgehead atoms. The van der Waals surface area contributed by atoms with Gasteiger partial charge in [0.25, 0.3) is 0 Å². The van der Waals surface area contributed by atoms with Crippen molar-refractivity contribution in [3.8, 4) is 17.3 Å². The highest BCUT2D eigenvalue weighted by Gasteiger charge is 2.15. The molecule has 0 unspecified atom stereocenters. The largest absolute Gasteiger partial charge is 0.493 e. The second-order valence-electron chi connectivity index (χ2n) is 5.68. The molecule has 0 radical (unpaired) electrons. The van der Waals surface area contributed by atoms with Gasteiger partial charge >= 0.3 is 0 Å². The first-order chi connectivity index (χ1) is 12.5. The fourth-order valence-corrected chi connectivity index (χ4v) is 3.43. The highest BCUT2D eigenvalue weighted by atomic mass is 32.2. The number of furan rings is 1. The van der Waals surface area contributed by atoms with Crippen molar-refractivity contribution in [3.63, 3.8) is 0 Å². The zero-order valence-electron chi connectivity index (χ0n) is 13.6. The van der Waals surface area contributed by atoms with Crippen LogP contribution >= 0.6 is 11.8 Å². The SMILES string of the molecule is Cc1ccoc1-c1cc2nc(CSc3cccc(F)c3F)cc(O)n2n1. The fourth-order valence-electron chi connectivity index (χ4n) is 2.58. The molecule has 1 aromatic carbocycles. The van der Waals surface area contributed by atoms with Gasteiger partial charge in [-0.2, -0.15) is 9.61 Å². The topological polar surface area (TPSA) is 63.6 Å². The number of fused-ring (bicyclic) bond motifs is 1. The molecule has 0 aliphatic heterocycles. The molecule has 26 heavy (non-hydrogen) atoms. The summed E-state index contributed by atoms with van der Waals surface area (Å²) in [5.41, 5.74) is 2.43. The zero-order chi connectivity index (χ0) is 18.3. The van der Waals surface area contributed by atoms with Crippen molar-refractivity contribution in [3.05, 3.63) is 65.6 Å². The number of benzene rings is 1. The van der Waals surface area contributed by atoms with Crippen molar-refractivity contribution >= 4 is 17.4 Å². The van der Waals surface area contributed by atoms with Crippen LogP contribution in [0, 0.1) is 18.6 Å². The molecule has 0 aliphatic carbocycles. The molecule has 0 saturated heterocycles. The molecule has 132 valence electrons. The van der Waals surface area contributed by atoms with Crippen LogP contribution in [0.15, 0.2) is 52.0 Å². The van der Waals surface area contributed by atoms with E-state index in [2.05, 4.69) is 10.1 Å². The summed E-state index contributed by atoms with van der Waals surface area (Å²) in [5, 5.41) is 14.5. The van der Waals surface area contributed by atoms with Crippen molar-refractivity contribution < 1.29 is 18.3 Å². The van der Waals surface area contributed by atoms with Crippen LogP contribution in [-0.2, 0) is 5.75 Å². The van der Waals surface area contributed by atoms with Gasteiger partial charge in [0.05, 0.1) is 12.0 Å². The molecule has 3 heterocycles. The van der Waals surface area contributed by atoms with E-state index in [1.54, 1.807) is 12.3 Å².